The molecule has 0 fully saturated rings. The molecule has 0 aliphatic carbocycles. The second-order valence-electron chi connectivity index (χ2n) is 7.57. The average Bonchev–Trinajstić information content (AvgIpc) is 3.36. The van der Waals surface area contributed by atoms with Crippen LogP contribution in [0.5, 0.6) is 0 Å². The van der Waals surface area contributed by atoms with Crippen LogP contribution in [0.25, 0.3) is 16.6 Å². The number of nitrogens with two attached hydrogens (primary N) is 1. The highest BCUT2D eigenvalue weighted by Crippen LogP contribution is 2.36. The van der Waals surface area contributed by atoms with E-state index in [0.29, 0.717) is 22.2 Å². The third-order valence-corrected chi connectivity index (χ3v) is 5.30. The van der Waals surface area contributed by atoms with E-state index in [0.717, 1.165) is 0 Å². The fourth-order valence-corrected chi connectivity index (χ4v) is 3.77. The topological polar surface area (TPSA) is 98.4 Å². The molecule has 3 heterocycles. The molecule has 1 aromatic carbocycles. The average molecular weight is 461 g/mol. The van der Waals surface area contributed by atoms with Crippen LogP contribution in [0.1, 0.15) is 34.0 Å². The number of alkyl halides is 3. The minimum atomic E-state index is -4.55. The predicted molar refractivity (Wildman–Crippen MR) is 111 cm³/mol. The van der Waals surface area contributed by atoms with E-state index in [1.807, 2.05) is 0 Å². The molecule has 7 nitrogen and oxygen atoms in total. The summed E-state index contributed by atoms with van der Waals surface area (Å²) in [4.78, 5) is 12.0. The van der Waals surface area contributed by atoms with Crippen molar-refractivity contribution in [3.8, 4) is 11.1 Å². The van der Waals surface area contributed by atoms with Gasteiger partial charge in [-0.1, -0.05) is 23.4 Å². The number of primary amides is 1. The van der Waals surface area contributed by atoms with Crippen molar-refractivity contribution in [2.75, 3.05) is 6.61 Å². The maximum Gasteiger partial charge on any atom is 0.397 e. The van der Waals surface area contributed by atoms with Crippen molar-refractivity contribution in [2.24, 2.45) is 5.73 Å². The number of pyridine rings is 1. The Balaban J connectivity index is 1.66. The van der Waals surface area contributed by atoms with Gasteiger partial charge in [-0.2, -0.15) is 13.2 Å². The number of aromatic nitrogens is 4. The molecule has 3 N–H and O–H groups in total. The lowest BCUT2D eigenvalue weighted by Crippen LogP contribution is -2.22. The van der Waals surface area contributed by atoms with Gasteiger partial charge >= 0.3 is 6.18 Å². The SMILES string of the molecule is NC(=O)c1cn2cc(Cn3cc(C(CCO)C(F)(F)F)nn3)ccc2c1-c1ccc(F)cc1. The quantitative estimate of drug-likeness (QED) is 0.412. The summed E-state index contributed by atoms with van der Waals surface area (Å²) in [6, 6.07) is 9.14. The van der Waals surface area contributed by atoms with Crippen LogP contribution in [0.2, 0.25) is 0 Å². The molecular formula is C22H19F4N5O2. The third kappa shape index (κ3) is 4.58. The smallest absolute Gasteiger partial charge is 0.396 e. The Kier molecular flexibility index (Phi) is 5.90. The number of rotatable bonds is 7. The molecule has 11 heteroatoms. The number of halogens is 4. The number of carbonyl (C=O) groups is 1. The van der Waals surface area contributed by atoms with Gasteiger partial charge in [0, 0.05) is 30.8 Å². The number of amides is 1. The molecule has 1 unspecified atom stereocenters. The Morgan fingerprint density at radius 1 is 1.09 bits per heavy atom. The molecular weight excluding hydrogens is 442 g/mol. The van der Waals surface area contributed by atoms with Crippen molar-refractivity contribution in [3.63, 3.8) is 0 Å². The summed E-state index contributed by atoms with van der Waals surface area (Å²) < 4.78 is 55.9. The van der Waals surface area contributed by atoms with Gasteiger partial charge in [-0.3, -0.25) is 4.79 Å². The summed E-state index contributed by atoms with van der Waals surface area (Å²) >= 11 is 0. The van der Waals surface area contributed by atoms with Gasteiger partial charge in [-0.05, 0) is 35.7 Å². The van der Waals surface area contributed by atoms with E-state index in [2.05, 4.69) is 10.3 Å². The van der Waals surface area contributed by atoms with E-state index in [4.69, 9.17) is 10.8 Å². The molecule has 0 bridgehead atoms. The van der Waals surface area contributed by atoms with Gasteiger partial charge in [0.15, 0.2) is 0 Å². The first kappa shape index (κ1) is 22.5. The molecule has 1 amide bonds. The Labute approximate surface area is 185 Å². The Morgan fingerprint density at radius 2 is 1.82 bits per heavy atom. The lowest BCUT2D eigenvalue weighted by Gasteiger charge is -2.16. The molecule has 0 aliphatic heterocycles. The van der Waals surface area contributed by atoms with Crippen molar-refractivity contribution >= 4 is 11.4 Å². The van der Waals surface area contributed by atoms with Crippen LogP contribution in [-0.2, 0) is 6.54 Å². The zero-order chi connectivity index (χ0) is 23.8. The Morgan fingerprint density at radius 3 is 2.45 bits per heavy atom. The van der Waals surface area contributed by atoms with Crippen LogP contribution in [0.3, 0.4) is 0 Å². The number of hydrogen-bond acceptors (Lipinski definition) is 4. The number of fused-ring (bicyclic) bond motifs is 1. The van der Waals surface area contributed by atoms with Crippen molar-refractivity contribution in [3.05, 3.63) is 77.6 Å². The van der Waals surface area contributed by atoms with Gasteiger partial charge in [0.1, 0.15) is 11.7 Å². The second kappa shape index (κ2) is 8.66. The first-order valence-corrected chi connectivity index (χ1v) is 9.94. The first-order chi connectivity index (χ1) is 15.7. The molecule has 172 valence electrons. The number of hydrogen-bond donors (Lipinski definition) is 2. The summed E-state index contributed by atoms with van der Waals surface area (Å²) in [7, 11) is 0. The van der Waals surface area contributed by atoms with E-state index in [9.17, 15) is 22.4 Å². The number of aliphatic hydroxyl groups is 1. The zero-order valence-corrected chi connectivity index (χ0v) is 17.1. The van der Waals surface area contributed by atoms with Gasteiger partial charge in [-0.25, -0.2) is 9.07 Å². The summed E-state index contributed by atoms with van der Waals surface area (Å²) in [6.07, 6.45) is -0.597. The van der Waals surface area contributed by atoms with Crippen LogP contribution >= 0.6 is 0 Å². The van der Waals surface area contributed by atoms with Crippen molar-refractivity contribution in [1.29, 1.82) is 0 Å². The molecule has 0 saturated heterocycles. The Bertz CT molecular complexity index is 1290. The monoisotopic (exact) mass is 461 g/mol. The van der Waals surface area contributed by atoms with Crippen LogP contribution in [-0.4, -0.2) is 43.2 Å². The van der Waals surface area contributed by atoms with Gasteiger partial charge in [0.25, 0.3) is 5.91 Å². The van der Waals surface area contributed by atoms with Crippen LogP contribution < -0.4 is 5.73 Å². The predicted octanol–water partition coefficient (Wildman–Crippen LogP) is 3.51. The minimum absolute atomic E-state index is 0.128. The number of benzene rings is 1. The number of carbonyl (C=O) groups excluding carboxylic acids is 1. The molecule has 33 heavy (non-hydrogen) atoms. The minimum Gasteiger partial charge on any atom is -0.396 e. The molecule has 0 radical (unpaired) electrons. The highest BCUT2D eigenvalue weighted by Gasteiger charge is 2.42. The normalized spacial score (nSPS) is 12.9. The first-order valence-electron chi connectivity index (χ1n) is 9.94. The fraction of sp³-hybridized carbons (Fsp3) is 0.227. The van der Waals surface area contributed by atoms with E-state index < -0.39 is 36.8 Å². The highest BCUT2D eigenvalue weighted by atomic mass is 19.4. The van der Waals surface area contributed by atoms with E-state index in [1.54, 1.807) is 41.1 Å². The summed E-state index contributed by atoms with van der Waals surface area (Å²) in [5.41, 5.74) is 8.02. The van der Waals surface area contributed by atoms with Crippen LogP contribution in [0, 0.1) is 5.82 Å². The third-order valence-electron chi connectivity index (χ3n) is 5.30. The van der Waals surface area contributed by atoms with Crippen LogP contribution in [0.15, 0.2) is 55.0 Å². The van der Waals surface area contributed by atoms with Crippen LogP contribution in [0.4, 0.5) is 17.6 Å². The Hall–Kier alpha value is -3.73. The number of aliphatic hydroxyl groups excluding tert-OH is 1. The van der Waals surface area contributed by atoms with Gasteiger partial charge in [0.2, 0.25) is 0 Å². The van der Waals surface area contributed by atoms with Crippen molar-refractivity contribution in [1.82, 2.24) is 19.4 Å². The van der Waals surface area contributed by atoms with Crippen molar-refractivity contribution < 1.29 is 27.5 Å². The maximum atomic E-state index is 13.3. The lowest BCUT2D eigenvalue weighted by atomic mass is 10.0. The molecule has 4 aromatic rings. The van der Waals surface area contributed by atoms with E-state index in [1.165, 1.54) is 23.0 Å². The van der Waals surface area contributed by atoms with Gasteiger partial charge < -0.3 is 15.2 Å². The lowest BCUT2D eigenvalue weighted by molar-refractivity contribution is -0.154. The molecule has 0 spiro atoms. The summed E-state index contributed by atoms with van der Waals surface area (Å²) in [6.45, 7) is -0.497. The van der Waals surface area contributed by atoms with Crippen molar-refractivity contribution in [2.45, 2.75) is 25.1 Å². The number of nitrogens with zero attached hydrogens (tertiary/aromatic N) is 4. The largest absolute Gasteiger partial charge is 0.397 e. The summed E-state index contributed by atoms with van der Waals surface area (Å²) in [5.74, 6) is -2.97. The standard InChI is InChI=1S/C22H19F4N5O2/c23-15-4-2-14(3-5-15)20-16(21(27)33)11-30-9-13(1-6-19(20)30)10-31-12-18(28-29-31)17(7-8-32)22(24,25)26/h1-6,9,11-12,17,32H,7-8,10H2,(H2,27,33). The molecule has 3 aromatic heterocycles. The molecule has 4 rings (SSSR count). The van der Waals surface area contributed by atoms with Gasteiger partial charge in [0.05, 0.1) is 23.3 Å². The van der Waals surface area contributed by atoms with E-state index >= 15 is 0 Å². The fourth-order valence-electron chi connectivity index (χ4n) is 3.77. The maximum absolute atomic E-state index is 13.3. The summed E-state index contributed by atoms with van der Waals surface area (Å²) in [5, 5.41) is 16.4. The molecule has 0 saturated carbocycles. The highest BCUT2D eigenvalue weighted by molar-refractivity contribution is 6.04. The van der Waals surface area contributed by atoms with E-state index in [-0.39, 0.29) is 17.8 Å². The molecule has 1 atom stereocenters. The zero-order valence-electron chi connectivity index (χ0n) is 17.1. The second-order valence-corrected chi connectivity index (χ2v) is 7.57. The molecule has 0 aliphatic rings. The van der Waals surface area contributed by atoms with Gasteiger partial charge in [-0.15, -0.1) is 5.10 Å².